The third-order valence-corrected chi connectivity index (χ3v) is 3.53. The van der Waals surface area contributed by atoms with Crippen LogP contribution in [0.3, 0.4) is 0 Å². The van der Waals surface area contributed by atoms with E-state index < -0.39 is 11.7 Å². The van der Waals surface area contributed by atoms with Gasteiger partial charge in [0.2, 0.25) is 0 Å². The van der Waals surface area contributed by atoms with Crippen molar-refractivity contribution in [2.45, 2.75) is 19.0 Å². The number of alkyl halides is 3. The molecule has 6 heteroatoms. The summed E-state index contributed by atoms with van der Waals surface area (Å²) in [6, 6.07) is 3.86. The van der Waals surface area contributed by atoms with Gasteiger partial charge in [0.1, 0.15) is 0 Å². The van der Waals surface area contributed by atoms with Gasteiger partial charge in [0.05, 0.1) is 12.2 Å². The van der Waals surface area contributed by atoms with E-state index in [0.717, 1.165) is 31.6 Å². The second-order valence-electron chi connectivity index (χ2n) is 4.69. The van der Waals surface area contributed by atoms with Gasteiger partial charge in [-0.05, 0) is 37.0 Å². The minimum atomic E-state index is -4.33. The molecule has 1 aromatic rings. The minimum Gasteiger partial charge on any atom is -0.385 e. The predicted octanol–water partition coefficient (Wildman–Crippen LogP) is 4.31. The standard InChI is InChI=1S/C13H15BrF3NO/c14-11-4-10(13(15,16)17)5-12(6-11)18-7-9-2-1-3-19-8-9/h4-6,9,18H,1-3,7-8H2. The molecule has 0 aliphatic carbocycles. The lowest BCUT2D eigenvalue weighted by atomic mass is 10.0. The molecule has 1 aliphatic rings. The van der Waals surface area contributed by atoms with Gasteiger partial charge in [0.15, 0.2) is 0 Å². The molecule has 1 aliphatic heterocycles. The van der Waals surface area contributed by atoms with Crippen LogP contribution in [0.15, 0.2) is 22.7 Å². The smallest absolute Gasteiger partial charge is 0.385 e. The van der Waals surface area contributed by atoms with Crippen LogP contribution in [0, 0.1) is 5.92 Å². The SMILES string of the molecule is FC(F)(F)c1cc(Br)cc(NCC2CCCOC2)c1. The van der Waals surface area contributed by atoms with Crippen molar-refractivity contribution < 1.29 is 17.9 Å². The maximum atomic E-state index is 12.7. The molecule has 1 heterocycles. The van der Waals surface area contributed by atoms with Gasteiger partial charge in [-0.3, -0.25) is 0 Å². The Balaban J connectivity index is 2.01. The molecule has 106 valence electrons. The number of nitrogens with one attached hydrogen (secondary N) is 1. The number of hydrogen-bond acceptors (Lipinski definition) is 2. The molecule has 1 N–H and O–H groups in total. The lowest BCUT2D eigenvalue weighted by Gasteiger charge is -2.23. The molecule has 0 bridgehead atoms. The number of halogens is 4. The Bertz CT molecular complexity index is 430. The van der Waals surface area contributed by atoms with Gasteiger partial charge in [-0.15, -0.1) is 0 Å². The zero-order valence-corrected chi connectivity index (χ0v) is 11.9. The van der Waals surface area contributed by atoms with Crippen molar-refractivity contribution in [2.24, 2.45) is 5.92 Å². The summed E-state index contributed by atoms with van der Waals surface area (Å²) in [5.74, 6) is 0.363. The summed E-state index contributed by atoms with van der Waals surface area (Å²) >= 11 is 3.11. The largest absolute Gasteiger partial charge is 0.416 e. The third kappa shape index (κ3) is 4.38. The second-order valence-corrected chi connectivity index (χ2v) is 5.61. The molecule has 2 nitrogen and oxygen atoms in total. The highest BCUT2D eigenvalue weighted by atomic mass is 79.9. The normalized spacial score (nSPS) is 20.3. The third-order valence-electron chi connectivity index (χ3n) is 3.07. The average molecular weight is 338 g/mol. The molecule has 2 rings (SSSR count). The summed E-state index contributed by atoms with van der Waals surface area (Å²) < 4.78 is 43.8. The Kier molecular flexibility index (Phi) is 4.73. The summed E-state index contributed by atoms with van der Waals surface area (Å²) in [6.45, 7) is 2.09. The van der Waals surface area contributed by atoms with E-state index in [1.807, 2.05) is 0 Å². The van der Waals surface area contributed by atoms with E-state index in [9.17, 15) is 13.2 Å². The monoisotopic (exact) mass is 337 g/mol. The first-order valence-electron chi connectivity index (χ1n) is 6.14. The van der Waals surface area contributed by atoms with Crippen molar-refractivity contribution in [1.82, 2.24) is 0 Å². The summed E-state index contributed by atoms with van der Waals surface area (Å²) in [6.07, 6.45) is -2.26. The summed E-state index contributed by atoms with van der Waals surface area (Å²) in [4.78, 5) is 0. The van der Waals surface area contributed by atoms with Crippen molar-refractivity contribution in [1.29, 1.82) is 0 Å². The fourth-order valence-electron chi connectivity index (χ4n) is 2.09. The second kappa shape index (κ2) is 6.13. The molecule has 1 saturated heterocycles. The van der Waals surface area contributed by atoms with E-state index in [1.54, 1.807) is 6.07 Å². The molecule has 19 heavy (non-hydrogen) atoms. The van der Waals surface area contributed by atoms with Gasteiger partial charge < -0.3 is 10.1 Å². The summed E-state index contributed by atoms with van der Waals surface area (Å²) in [5, 5.41) is 3.06. The number of ether oxygens (including phenoxy) is 1. The van der Waals surface area contributed by atoms with Crippen molar-refractivity contribution in [3.8, 4) is 0 Å². The zero-order chi connectivity index (χ0) is 13.9. The van der Waals surface area contributed by atoms with Crippen LogP contribution in [0.25, 0.3) is 0 Å². The van der Waals surface area contributed by atoms with Gasteiger partial charge in [-0.25, -0.2) is 0 Å². The van der Waals surface area contributed by atoms with Crippen molar-refractivity contribution in [3.63, 3.8) is 0 Å². The van der Waals surface area contributed by atoms with Crippen LogP contribution in [0.5, 0.6) is 0 Å². The number of hydrogen-bond donors (Lipinski definition) is 1. The first kappa shape index (κ1) is 14.7. The van der Waals surface area contributed by atoms with Crippen LogP contribution >= 0.6 is 15.9 Å². The lowest BCUT2D eigenvalue weighted by Crippen LogP contribution is -2.24. The number of benzene rings is 1. The van der Waals surface area contributed by atoms with E-state index in [0.29, 0.717) is 29.2 Å². The van der Waals surface area contributed by atoms with Crippen LogP contribution in [-0.4, -0.2) is 19.8 Å². The zero-order valence-electron chi connectivity index (χ0n) is 10.3. The van der Waals surface area contributed by atoms with Crippen LogP contribution in [-0.2, 0) is 10.9 Å². The van der Waals surface area contributed by atoms with Crippen LogP contribution < -0.4 is 5.32 Å². The van der Waals surface area contributed by atoms with Gasteiger partial charge in [0.25, 0.3) is 0 Å². The molecule has 0 spiro atoms. The lowest BCUT2D eigenvalue weighted by molar-refractivity contribution is -0.137. The Morgan fingerprint density at radius 2 is 2.11 bits per heavy atom. The first-order valence-corrected chi connectivity index (χ1v) is 6.94. The van der Waals surface area contributed by atoms with Crippen molar-refractivity contribution in [2.75, 3.05) is 25.1 Å². The average Bonchev–Trinajstić information content (AvgIpc) is 2.36. The quantitative estimate of drug-likeness (QED) is 0.887. The molecule has 1 atom stereocenters. The fraction of sp³-hybridized carbons (Fsp3) is 0.538. The Labute approximate surface area is 118 Å². The number of rotatable bonds is 3. The number of anilines is 1. The van der Waals surface area contributed by atoms with E-state index >= 15 is 0 Å². The molecular weight excluding hydrogens is 323 g/mol. The summed E-state index contributed by atoms with van der Waals surface area (Å²) in [7, 11) is 0. The maximum Gasteiger partial charge on any atom is 0.416 e. The summed E-state index contributed by atoms with van der Waals surface area (Å²) in [5.41, 5.74) is -0.170. The topological polar surface area (TPSA) is 21.3 Å². The molecular formula is C13H15BrF3NO. The predicted molar refractivity (Wildman–Crippen MR) is 71.2 cm³/mol. The van der Waals surface area contributed by atoms with Gasteiger partial charge in [-0.2, -0.15) is 13.2 Å². The Hall–Kier alpha value is -0.750. The van der Waals surface area contributed by atoms with Crippen molar-refractivity contribution >= 4 is 21.6 Å². The molecule has 1 unspecified atom stereocenters. The molecule has 0 aromatic heterocycles. The first-order chi connectivity index (χ1) is 8.95. The molecule has 0 amide bonds. The highest BCUT2D eigenvalue weighted by Crippen LogP contribution is 2.33. The van der Waals surface area contributed by atoms with Crippen molar-refractivity contribution in [3.05, 3.63) is 28.2 Å². The van der Waals surface area contributed by atoms with Gasteiger partial charge in [-0.1, -0.05) is 15.9 Å². The maximum absolute atomic E-state index is 12.7. The van der Waals surface area contributed by atoms with Crippen LogP contribution in [0.2, 0.25) is 0 Å². The van der Waals surface area contributed by atoms with Gasteiger partial charge in [0, 0.05) is 23.3 Å². The van der Waals surface area contributed by atoms with Crippen LogP contribution in [0.1, 0.15) is 18.4 Å². The van der Waals surface area contributed by atoms with Crippen LogP contribution in [0.4, 0.5) is 18.9 Å². The fourth-order valence-corrected chi connectivity index (χ4v) is 2.58. The van der Waals surface area contributed by atoms with E-state index in [4.69, 9.17) is 4.74 Å². The highest BCUT2D eigenvalue weighted by molar-refractivity contribution is 9.10. The van der Waals surface area contributed by atoms with E-state index in [1.165, 1.54) is 0 Å². The van der Waals surface area contributed by atoms with E-state index in [-0.39, 0.29) is 0 Å². The Morgan fingerprint density at radius 1 is 1.32 bits per heavy atom. The molecule has 0 saturated carbocycles. The van der Waals surface area contributed by atoms with E-state index in [2.05, 4.69) is 21.2 Å². The highest BCUT2D eigenvalue weighted by Gasteiger charge is 2.31. The molecule has 1 aromatic carbocycles. The molecule has 1 fully saturated rings. The Morgan fingerprint density at radius 3 is 2.74 bits per heavy atom. The molecule has 0 radical (unpaired) electrons. The van der Waals surface area contributed by atoms with Gasteiger partial charge >= 0.3 is 6.18 Å². The minimum absolute atomic E-state index is 0.363.